The predicted molar refractivity (Wildman–Crippen MR) is 114 cm³/mol. The maximum absolute atomic E-state index is 12.6. The molecule has 0 saturated heterocycles. The predicted octanol–water partition coefficient (Wildman–Crippen LogP) is 4.65. The Morgan fingerprint density at radius 1 is 1.00 bits per heavy atom. The lowest BCUT2D eigenvalue weighted by atomic mass is 9.82. The molecule has 1 saturated carbocycles. The van der Waals surface area contributed by atoms with E-state index in [1.165, 1.54) is 0 Å². The summed E-state index contributed by atoms with van der Waals surface area (Å²) in [4.78, 5) is 16.7. The summed E-state index contributed by atoms with van der Waals surface area (Å²) in [5.41, 5.74) is 12.6. The summed E-state index contributed by atoms with van der Waals surface area (Å²) in [7, 11) is 0. The van der Waals surface area contributed by atoms with Crippen LogP contribution in [0.1, 0.15) is 25.7 Å². The van der Waals surface area contributed by atoms with Crippen molar-refractivity contribution in [3.05, 3.63) is 52.5 Å². The average molecular weight is 420 g/mol. The summed E-state index contributed by atoms with van der Waals surface area (Å²) in [6.45, 7) is 0.600. The van der Waals surface area contributed by atoms with Crippen molar-refractivity contribution >= 4 is 35.1 Å². The van der Waals surface area contributed by atoms with E-state index < -0.39 is 0 Å². The van der Waals surface area contributed by atoms with Gasteiger partial charge in [-0.15, -0.1) is 0 Å². The third-order valence-electron chi connectivity index (χ3n) is 5.02. The van der Waals surface area contributed by atoms with Crippen LogP contribution in [0.4, 0.5) is 0 Å². The summed E-state index contributed by atoms with van der Waals surface area (Å²) in [5, 5.41) is 0.641. The molecule has 0 aliphatic heterocycles. The number of carbonyl (C=O) groups is 1. The van der Waals surface area contributed by atoms with E-state index in [0.29, 0.717) is 22.5 Å². The van der Waals surface area contributed by atoms with Crippen molar-refractivity contribution in [2.45, 2.75) is 25.7 Å². The van der Waals surface area contributed by atoms with Crippen LogP contribution in [0, 0.1) is 11.8 Å². The second-order valence-electron chi connectivity index (χ2n) is 7.04. The lowest BCUT2D eigenvalue weighted by molar-refractivity contribution is -0.140. The van der Waals surface area contributed by atoms with Crippen LogP contribution in [0.3, 0.4) is 0 Å². The van der Waals surface area contributed by atoms with E-state index >= 15 is 0 Å². The van der Waals surface area contributed by atoms with Gasteiger partial charge in [-0.25, -0.2) is 0 Å². The quantitative estimate of drug-likeness (QED) is 0.319. The first-order valence-corrected chi connectivity index (χ1v) is 10.0. The van der Waals surface area contributed by atoms with E-state index in [4.69, 9.17) is 39.4 Å². The van der Waals surface area contributed by atoms with Gasteiger partial charge in [0.15, 0.2) is 11.7 Å². The highest BCUT2D eigenvalue weighted by molar-refractivity contribution is 6.37. The summed E-state index contributed by atoms with van der Waals surface area (Å²) in [5.74, 6) is 0.247. The Labute approximate surface area is 174 Å². The van der Waals surface area contributed by atoms with Gasteiger partial charge in [0.25, 0.3) is 0 Å². The summed E-state index contributed by atoms with van der Waals surface area (Å²) < 4.78 is 5.57. The Morgan fingerprint density at radius 2 is 1.61 bits per heavy atom. The maximum atomic E-state index is 12.6. The van der Waals surface area contributed by atoms with E-state index in [0.717, 1.165) is 36.8 Å². The lowest BCUT2D eigenvalue weighted by Gasteiger charge is -2.26. The average Bonchev–Trinajstić information content (AvgIpc) is 2.70. The molecule has 2 aromatic carbocycles. The number of aliphatic imine (C=N–C) groups is 1. The number of hydrogen-bond acceptors (Lipinski definition) is 3. The largest absolute Gasteiger partial charge is 0.423 e. The summed E-state index contributed by atoms with van der Waals surface area (Å²) in [6, 6.07) is 13.3. The van der Waals surface area contributed by atoms with Gasteiger partial charge in [0.05, 0.1) is 16.0 Å². The molecule has 28 heavy (non-hydrogen) atoms. The normalized spacial score (nSPS) is 19.1. The molecule has 5 nitrogen and oxygen atoms in total. The Balaban J connectivity index is 1.64. The zero-order chi connectivity index (χ0) is 20.1. The fourth-order valence-electron chi connectivity index (χ4n) is 3.45. The van der Waals surface area contributed by atoms with E-state index in [1.807, 2.05) is 30.3 Å². The lowest BCUT2D eigenvalue weighted by Crippen LogP contribution is -2.28. The number of esters is 1. The van der Waals surface area contributed by atoms with Gasteiger partial charge in [0.1, 0.15) is 0 Å². The summed E-state index contributed by atoms with van der Waals surface area (Å²) in [6.07, 6.45) is 3.23. The van der Waals surface area contributed by atoms with Crippen molar-refractivity contribution in [1.82, 2.24) is 0 Å². The molecule has 4 N–H and O–H groups in total. The van der Waals surface area contributed by atoms with Crippen molar-refractivity contribution in [3.8, 4) is 16.9 Å². The van der Waals surface area contributed by atoms with E-state index in [1.54, 1.807) is 12.1 Å². The topological polar surface area (TPSA) is 90.7 Å². The zero-order valence-corrected chi connectivity index (χ0v) is 16.9. The minimum Gasteiger partial charge on any atom is -0.423 e. The molecule has 0 heterocycles. The number of rotatable bonds is 5. The fourth-order valence-corrected chi connectivity index (χ4v) is 4.02. The Bertz CT molecular complexity index is 836. The molecule has 0 bridgehead atoms. The van der Waals surface area contributed by atoms with Gasteiger partial charge in [-0.2, -0.15) is 0 Å². The van der Waals surface area contributed by atoms with Crippen molar-refractivity contribution < 1.29 is 9.53 Å². The number of halogens is 2. The van der Waals surface area contributed by atoms with Gasteiger partial charge in [-0.1, -0.05) is 53.5 Å². The van der Waals surface area contributed by atoms with Crippen LogP contribution in [-0.2, 0) is 4.79 Å². The molecule has 7 heteroatoms. The first kappa shape index (κ1) is 20.5. The van der Waals surface area contributed by atoms with Crippen LogP contribution in [-0.4, -0.2) is 18.5 Å². The first-order valence-electron chi connectivity index (χ1n) is 9.25. The molecular weight excluding hydrogens is 397 g/mol. The SMILES string of the molecule is NC(N)=NCC1CCC(C(=O)Oc2c(Cl)cc(-c3ccccc3)cc2Cl)CC1. The molecule has 0 aromatic heterocycles. The Hall–Kier alpha value is -2.24. The molecule has 1 fully saturated rings. The molecule has 0 radical (unpaired) electrons. The first-order chi connectivity index (χ1) is 13.4. The van der Waals surface area contributed by atoms with Gasteiger partial charge >= 0.3 is 5.97 Å². The van der Waals surface area contributed by atoms with E-state index in [2.05, 4.69) is 4.99 Å². The van der Waals surface area contributed by atoms with Crippen molar-refractivity contribution in [3.63, 3.8) is 0 Å². The molecule has 0 amide bonds. The Morgan fingerprint density at radius 3 is 2.18 bits per heavy atom. The molecule has 0 unspecified atom stereocenters. The number of benzene rings is 2. The number of hydrogen-bond donors (Lipinski definition) is 2. The van der Waals surface area contributed by atoms with Gasteiger partial charge in [0.2, 0.25) is 0 Å². The van der Waals surface area contributed by atoms with Crippen molar-refractivity contribution in [2.75, 3.05) is 6.54 Å². The second kappa shape index (κ2) is 9.30. The number of nitrogens with two attached hydrogens (primary N) is 2. The monoisotopic (exact) mass is 419 g/mol. The third kappa shape index (κ3) is 5.18. The molecule has 1 aliphatic rings. The second-order valence-corrected chi connectivity index (χ2v) is 7.85. The number of nitrogens with zero attached hydrogens (tertiary/aromatic N) is 1. The van der Waals surface area contributed by atoms with E-state index in [-0.39, 0.29) is 23.6 Å². The molecule has 0 spiro atoms. The van der Waals surface area contributed by atoms with Crippen LogP contribution in [0.15, 0.2) is 47.5 Å². The van der Waals surface area contributed by atoms with Crippen molar-refractivity contribution in [1.29, 1.82) is 0 Å². The van der Waals surface area contributed by atoms with Crippen LogP contribution in [0.5, 0.6) is 5.75 Å². The van der Waals surface area contributed by atoms with Crippen LogP contribution < -0.4 is 16.2 Å². The molecule has 3 rings (SSSR count). The number of carbonyl (C=O) groups excluding carboxylic acids is 1. The maximum Gasteiger partial charge on any atom is 0.314 e. The Kier molecular flexibility index (Phi) is 6.81. The highest BCUT2D eigenvalue weighted by Crippen LogP contribution is 2.39. The minimum atomic E-state index is -0.295. The van der Waals surface area contributed by atoms with Gasteiger partial charge in [-0.3, -0.25) is 9.79 Å². The number of ether oxygens (including phenoxy) is 1. The van der Waals surface area contributed by atoms with Crippen LogP contribution in [0.25, 0.3) is 11.1 Å². The van der Waals surface area contributed by atoms with Crippen LogP contribution >= 0.6 is 23.2 Å². The molecular formula is C21H23Cl2N3O2. The standard InChI is InChI=1S/C21H23Cl2N3O2/c22-17-10-16(14-4-2-1-3-5-14)11-18(23)19(17)28-20(27)15-8-6-13(7-9-15)12-26-21(24)25/h1-5,10-11,13,15H,6-9,12H2,(H4,24,25,26). The highest BCUT2D eigenvalue weighted by atomic mass is 35.5. The zero-order valence-electron chi connectivity index (χ0n) is 15.4. The van der Waals surface area contributed by atoms with E-state index in [9.17, 15) is 4.79 Å². The highest BCUT2D eigenvalue weighted by Gasteiger charge is 2.28. The third-order valence-corrected chi connectivity index (χ3v) is 5.58. The number of guanidine groups is 1. The summed E-state index contributed by atoms with van der Waals surface area (Å²) >= 11 is 12.7. The minimum absolute atomic E-state index is 0.102. The van der Waals surface area contributed by atoms with Gasteiger partial charge in [0, 0.05) is 6.54 Å². The van der Waals surface area contributed by atoms with Gasteiger partial charge < -0.3 is 16.2 Å². The smallest absolute Gasteiger partial charge is 0.314 e. The molecule has 1 aliphatic carbocycles. The molecule has 148 valence electrons. The van der Waals surface area contributed by atoms with Gasteiger partial charge in [-0.05, 0) is 54.9 Å². The molecule has 0 atom stereocenters. The fraction of sp³-hybridized carbons (Fsp3) is 0.333. The van der Waals surface area contributed by atoms with Crippen LogP contribution in [0.2, 0.25) is 10.0 Å². The van der Waals surface area contributed by atoms with Crippen molar-refractivity contribution in [2.24, 2.45) is 28.3 Å². The molecule has 2 aromatic rings.